The van der Waals surface area contributed by atoms with Gasteiger partial charge in [0, 0.05) is 9.90 Å². The molecule has 4 nitrogen and oxygen atoms in total. The zero-order valence-corrected chi connectivity index (χ0v) is 16.7. The normalized spacial score (nSPS) is 14.2. The third kappa shape index (κ3) is 3.31. The van der Waals surface area contributed by atoms with Crippen LogP contribution in [0.1, 0.15) is 34.7 Å². The molecule has 0 N–H and O–H groups in total. The first-order chi connectivity index (χ1) is 12.5. The molecule has 0 bridgehead atoms. The molecule has 3 aromatic rings. The lowest BCUT2D eigenvalue weighted by molar-refractivity contribution is 0.379. The Balaban J connectivity index is 1.90. The van der Waals surface area contributed by atoms with Gasteiger partial charge in [-0.25, -0.2) is 4.98 Å². The molecule has 0 fully saturated rings. The topological polar surface area (TPSA) is 38.1 Å². The lowest BCUT2D eigenvalue weighted by atomic mass is 9.97. The van der Waals surface area contributed by atoms with E-state index in [4.69, 9.17) is 16.6 Å². The fourth-order valence-electron chi connectivity index (χ4n) is 3.67. The van der Waals surface area contributed by atoms with E-state index in [1.165, 1.54) is 16.9 Å². The van der Waals surface area contributed by atoms with Crippen molar-refractivity contribution in [2.24, 2.45) is 0 Å². The Bertz CT molecular complexity index is 1020. The van der Waals surface area contributed by atoms with Crippen molar-refractivity contribution in [2.45, 2.75) is 38.8 Å². The van der Waals surface area contributed by atoms with Gasteiger partial charge in [0.25, 0.3) is 5.56 Å². The van der Waals surface area contributed by atoms with Crippen molar-refractivity contribution in [2.75, 3.05) is 14.1 Å². The fraction of sp³-hybridized carbons (Fsp3) is 0.400. The van der Waals surface area contributed by atoms with Crippen molar-refractivity contribution >= 4 is 33.2 Å². The predicted octanol–water partition coefficient (Wildman–Crippen LogP) is 4.10. The molecule has 0 saturated heterocycles. The second-order valence-electron chi connectivity index (χ2n) is 7.18. The summed E-state index contributed by atoms with van der Waals surface area (Å²) in [6.07, 6.45) is 4.44. The number of halogens is 1. The summed E-state index contributed by atoms with van der Waals surface area (Å²) in [5.41, 5.74) is 2.35. The molecule has 2 aromatic heterocycles. The minimum atomic E-state index is 0.0891. The summed E-state index contributed by atoms with van der Waals surface area (Å²) in [4.78, 5) is 22.6. The second-order valence-corrected chi connectivity index (χ2v) is 8.70. The van der Waals surface area contributed by atoms with Gasteiger partial charge in [0.15, 0.2) is 0 Å². The van der Waals surface area contributed by atoms with Crippen LogP contribution in [0.4, 0.5) is 0 Å². The van der Waals surface area contributed by atoms with Crippen molar-refractivity contribution in [3.8, 4) is 0 Å². The Morgan fingerprint density at radius 2 is 2.08 bits per heavy atom. The number of fused-ring (bicyclic) bond motifs is 3. The summed E-state index contributed by atoms with van der Waals surface area (Å²) in [6, 6.07) is 7.70. The lowest BCUT2D eigenvalue weighted by Gasteiger charge is -2.16. The summed E-state index contributed by atoms with van der Waals surface area (Å²) < 4.78 is 1.83. The van der Waals surface area contributed by atoms with Gasteiger partial charge in [-0.15, -0.1) is 11.3 Å². The molecule has 0 amide bonds. The van der Waals surface area contributed by atoms with Crippen molar-refractivity contribution in [3.63, 3.8) is 0 Å². The Morgan fingerprint density at radius 3 is 2.85 bits per heavy atom. The number of nitrogens with zero attached hydrogens (tertiary/aromatic N) is 3. The Hall–Kier alpha value is -1.69. The SMILES string of the molecule is CN(C)Cc1nc2sc3c(c2c(=O)n1Cc1cccc(Cl)c1)CCCC3. The van der Waals surface area contributed by atoms with Crippen LogP contribution in [-0.4, -0.2) is 28.5 Å². The van der Waals surface area contributed by atoms with Crippen LogP contribution >= 0.6 is 22.9 Å². The van der Waals surface area contributed by atoms with Gasteiger partial charge in [-0.1, -0.05) is 23.7 Å². The number of aromatic nitrogens is 2. The lowest BCUT2D eigenvalue weighted by Crippen LogP contribution is -2.29. The van der Waals surface area contributed by atoms with E-state index in [0.29, 0.717) is 18.1 Å². The van der Waals surface area contributed by atoms with Gasteiger partial charge in [-0.2, -0.15) is 0 Å². The van der Waals surface area contributed by atoms with E-state index in [9.17, 15) is 4.79 Å². The van der Waals surface area contributed by atoms with Crippen LogP contribution in [0.2, 0.25) is 5.02 Å². The third-order valence-corrected chi connectivity index (χ3v) is 6.26. The first-order valence-electron chi connectivity index (χ1n) is 8.96. The van der Waals surface area contributed by atoms with Crippen LogP contribution in [0.25, 0.3) is 10.2 Å². The van der Waals surface area contributed by atoms with E-state index >= 15 is 0 Å². The Labute approximate surface area is 162 Å². The van der Waals surface area contributed by atoms with E-state index < -0.39 is 0 Å². The molecule has 0 radical (unpaired) electrons. The van der Waals surface area contributed by atoms with Crippen LogP contribution in [0, 0.1) is 0 Å². The zero-order valence-electron chi connectivity index (χ0n) is 15.1. The van der Waals surface area contributed by atoms with Gasteiger partial charge >= 0.3 is 0 Å². The predicted molar refractivity (Wildman–Crippen MR) is 108 cm³/mol. The van der Waals surface area contributed by atoms with Crippen LogP contribution < -0.4 is 5.56 Å². The van der Waals surface area contributed by atoms with E-state index in [2.05, 4.69) is 4.90 Å². The van der Waals surface area contributed by atoms with Gasteiger partial charge in [-0.3, -0.25) is 9.36 Å². The highest BCUT2D eigenvalue weighted by atomic mass is 35.5. The average molecular weight is 388 g/mol. The molecular weight excluding hydrogens is 366 g/mol. The molecule has 1 aromatic carbocycles. The largest absolute Gasteiger partial charge is 0.302 e. The number of hydrogen-bond acceptors (Lipinski definition) is 4. The molecule has 0 saturated carbocycles. The minimum Gasteiger partial charge on any atom is -0.302 e. The van der Waals surface area contributed by atoms with Gasteiger partial charge in [0.05, 0.1) is 18.5 Å². The summed E-state index contributed by atoms with van der Waals surface area (Å²) in [5, 5.41) is 1.53. The highest BCUT2D eigenvalue weighted by Crippen LogP contribution is 2.34. The fourth-order valence-corrected chi connectivity index (χ4v) is 5.15. The first kappa shape index (κ1) is 17.7. The van der Waals surface area contributed by atoms with Crippen molar-refractivity contribution < 1.29 is 0 Å². The van der Waals surface area contributed by atoms with Crippen LogP contribution in [-0.2, 0) is 25.9 Å². The average Bonchev–Trinajstić information content (AvgIpc) is 2.96. The molecule has 4 rings (SSSR count). The number of benzene rings is 1. The maximum absolute atomic E-state index is 13.4. The molecule has 0 aliphatic heterocycles. The molecule has 6 heteroatoms. The van der Waals surface area contributed by atoms with Gasteiger partial charge in [0.2, 0.25) is 0 Å². The first-order valence-corrected chi connectivity index (χ1v) is 10.2. The van der Waals surface area contributed by atoms with Gasteiger partial charge < -0.3 is 4.90 Å². The van der Waals surface area contributed by atoms with E-state index in [-0.39, 0.29) is 5.56 Å². The third-order valence-electron chi connectivity index (χ3n) is 4.84. The van der Waals surface area contributed by atoms with Gasteiger partial charge in [-0.05, 0) is 63.0 Å². The minimum absolute atomic E-state index is 0.0891. The van der Waals surface area contributed by atoms with E-state index in [1.807, 2.05) is 42.9 Å². The number of rotatable bonds is 4. The number of aryl methyl sites for hydroxylation is 2. The second kappa shape index (κ2) is 7.14. The van der Waals surface area contributed by atoms with Gasteiger partial charge in [0.1, 0.15) is 10.7 Å². The van der Waals surface area contributed by atoms with E-state index in [1.54, 1.807) is 11.3 Å². The quantitative estimate of drug-likeness (QED) is 0.676. The van der Waals surface area contributed by atoms with Crippen molar-refractivity contribution in [3.05, 3.63) is 61.5 Å². The molecule has 26 heavy (non-hydrogen) atoms. The summed E-state index contributed by atoms with van der Waals surface area (Å²) in [5.74, 6) is 0.811. The molecule has 2 heterocycles. The molecule has 1 aliphatic rings. The standard InChI is InChI=1S/C20H22ClN3OS/c1-23(2)12-17-22-19-18(15-8-3-4-9-16(15)26-19)20(25)24(17)11-13-6-5-7-14(21)10-13/h5-7,10H,3-4,8-9,11-12H2,1-2H3. The van der Waals surface area contributed by atoms with Crippen LogP contribution in [0.3, 0.4) is 0 Å². The summed E-state index contributed by atoms with van der Waals surface area (Å²) in [6.45, 7) is 1.13. The highest BCUT2D eigenvalue weighted by Gasteiger charge is 2.22. The zero-order chi connectivity index (χ0) is 18.3. The van der Waals surface area contributed by atoms with Crippen molar-refractivity contribution in [1.82, 2.24) is 14.5 Å². The maximum Gasteiger partial charge on any atom is 0.262 e. The summed E-state index contributed by atoms with van der Waals surface area (Å²) >= 11 is 7.85. The van der Waals surface area contributed by atoms with Crippen LogP contribution in [0.15, 0.2) is 29.1 Å². The maximum atomic E-state index is 13.4. The van der Waals surface area contributed by atoms with E-state index in [0.717, 1.165) is 40.9 Å². The van der Waals surface area contributed by atoms with Crippen molar-refractivity contribution in [1.29, 1.82) is 0 Å². The Morgan fingerprint density at radius 1 is 1.27 bits per heavy atom. The molecular formula is C20H22ClN3OS. The molecule has 1 aliphatic carbocycles. The monoisotopic (exact) mass is 387 g/mol. The molecule has 0 unspecified atom stereocenters. The van der Waals surface area contributed by atoms with Crippen LogP contribution in [0.5, 0.6) is 0 Å². The Kier molecular flexibility index (Phi) is 4.86. The molecule has 0 atom stereocenters. The molecule has 136 valence electrons. The highest BCUT2D eigenvalue weighted by molar-refractivity contribution is 7.18. The molecule has 0 spiro atoms. The number of hydrogen-bond donors (Lipinski definition) is 0. The number of thiophene rings is 1. The summed E-state index contributed by atoms with van der Waals surface area (Å²) in [7, 11) is 4.00. The smallest absolute Gasteiger partial charge is 0.262 e.